The van der Waals surface area contributed by atoms with Gasteiger partial charge in [0.1, 0.15) is 0 Å². The van der Waals surface area contributed by atoms with Crippen LogP contribution in [0.15, 0.2) is 47.0 Å². The zero-order valence-corrected chi connectivity index (χ0v) is 11.0. The molecule has 1 aromatic heterocycles. The normalized spacial score (nSPS) is 10.7. The van der Waals surface area contributed by atoms with Crippen LogP contribution < -0.4 is 5.32 Å². The van der Waals surface area contributed by atoms with Crippen molar-refractivity contribution in [1.29, 1.82) is 0 Å². The summed E-state index contributed by atoms with van der Waals surface area (Å²) in [5, 5.41) is 8.42. The molecule has 5 nitrogen and oxygen atoms in total. The number of hydrogen-bond acceptors (Lipinski definition) is 4. The van der Waals surface area contributed by atoms with Gasteiger partial charge in [-0.2, -0.15) is 4.98 Å². The van der Waals surface area contributed by atoms with E-state index < -0.39 is 0 Å². The number of benzene rings is 2. The Hall–Kier alpha value is -2.69. The Morgan fingerprint density at radius 1 is 1.20 bits per heavy atom. The van der Waals surface area contributed by atoms with E-state index in [0.717, 1.165) is 16.3 Å². The van der Waals surface area contributed by atoms with Gasteiger partial charge in [-0.05, 0) is 23.3 Å². The lowest BCUT2D eigenvalue weighted by Crippen LogP contribution is -2.14. The molecule has 3 rings (SSSR count). The number of carbonyl (C=O) groups is 1. The third-order valence-corrected chi connectivity index (χ3v) is 3.00. The Balaban J connectivity index is 1.81. The highest BCUT2D eigenvalue weighted by Gasteiger charge is 2.10. The number of nitrogens with zero attached hydrogens (tertiary/aromatic N) is 2. The average Bonchev–Trinajstić information content (AvgIpc) is 2.84. The van der Waals surface area contributed by atoms with E-state index in [1.807, 2.05) is 42.5 Å². The van der Waals surface area contributed by atoms with E-state index in [0.29, 0.717) is 5.82 Å². The fourth-order valence-electron chi connectivity index (χ4n) is 2.13. The molecule has 0 bridgehead atoms. The maximum Gasteiger partial charge on any atom is 0.328 e. The molecule has 1 heterocycles. The number of rotatable bonds is 3. The van der Waals surface area contributed by atoms with Crippen LogP contribution in [-0.4, -0.2) is 16.0 Å². The number of aryl methyl sites for hydroxylation is 1. The topological polar surface area (TPSA) is 68.0 Å². The SMILES string of the molecule is Cc1noc(NC(=O)Cc2cccc3ccccc23)n1. The van der Waals surface area contributed by atoms with Crippen LogP contribution >= 0.6 is 0 Å². The summed E-state index contributed by atoms with van der Waals surface area (Å²) in [7, 11) is 0. The molecule has 0 saturated heterocycles. The van der Waals surface area contributed by atoms with Crippen LogP contribution in [0.4, 0.5) is 6.01 Å². The number of amides is 1. The fraction of sp³-hybridized carbons (Fsp3) is 0.133. The van der Waals surface area contributed by atoms with E-state index in [9.17, 15) is 4.79 Å². The van der Waals surface area contributed by atoms with Crippen molar-refractivity contribution in [2.75, 3.05) is 5.32 Å². The summed E-state index contributed by atoms with van der Waals surface area (Å²) in [4.78, 5) is 15.9. The monoisotopic (exact) mass is 267 g/mol. The average molecular weight is 267 g/mol. The summed E-state index contributed by atoms with van der Waals surface area (Å²) in [6.07, 6.45) is 0.267. The first-order valence-electron chi connectivity index (χ1n) is 6.29. The molecule has 0 aliphatic carbocycles. The molecule has 20 heavy (non-hydrogen) atoms. The predicted molar refractivity (Wildman–Crippen MR) is 75.3 cm³/mol. The third kappa shape index (κ3) is 2.51. The van der Waals surface area contributed by atoms with Crippen molar-refractivity contribution in [3.63, 3.8) is 0 Å². The summed E-state index contributed by atoms with van der Waals surface area (Å²) >= 11 is 0. The van der Waals surface area contributed by atoms with Gasteiger partial charge in [0, 0.05) is 0 Å². The Bertz CT molecular complexity index is 759. The van der Waals surface area contributed by atoms with Gasteiger partial charge >= 0.3 is 6.01 Å². The van der Waals surface area contributed by atoms with Gasteiger partial charge < -0.3 is 4.52 Å². The summed E-state index contributed by atoms with van der Waals surface area (Å²) in [6.45, 7) is 1.70. The number of anilines is 1. The number of carbonyl (C=O) groups excluding carboxylic acids is 1. The van der Waals surface area contributed by atoms with Gasteiger partial charge in [0.05, 0.1) is 6.42 Å². The first-order valence-corrected chi connectivity index (χ1v) is 6.29. The molecule has 0 unspecified atom stereocenters. The van der Waals surface area contributed by atoms with Crippen LogP contribution in [0.25, 0.3) is 10.8 Å². The minimum absolute atomic E-state index is 0.132. The van der Waals surface area contributed by atoms with E-state index in [-0.39, 0.29) is 18.3 Å². The fourth-order valence-corrected chi connectivity index (χ4v) is 2.13. The minimum atomic E-state index is -0.176. The molecule has 0 radical (unpaired) electrons. The lowest BCUT2D eigenvalue weighted by molar-refractivity contribution is -0.115. The standard InChI is InChI=1S/C15H13N3O2/c1-10-16-15(20-18-10)17-14(19)9-12-7-4-6-11-5-2-3-8-13(11)12/h2-8H,9H2,1H3,(H,16,17,18,19). The van der Waals surface area contributed by atoms with Gasteiger partial charge in [-0.25, -0.2) is 0 Å². The van der Waals surface area contributed by atoms with Crippen molar-refractivity contribution < 1.29 is 9.32 Å². The highest BCUT2D eigenvalue weighted by atomic mass is 16.5. The van der Waals surface area contributed by atoms with Gasteiger partial charge in [-0.1, -0.05) is 47.6 Å². The Labute approximate surface area is 115 Å². The van der Waals surface area contributed by atoms with Gasteiger partial charge in [-0.3, -0.25) is 10.1 Å². The molecular weight excluding hydrogens is 254 g/mol. The van der Waals surface area contributed by atoms with Gasteiger partial charge in [0.15, 0.2) is 5.82 Å². The Kier molecular flexibility index (Phi) is 3.16. The van der Waals surface area contributed by atoms with E-state index in [1.165, 1.54) is 0 Å². The molecule has 0 atom stereocenters. The van der Waals surface area contributed by atoms with Crippen LogP contribution in [0.1, 0.15) is 11.4 Å². The van der Waals surface area contributed by atoms with E-state index >= 15 is 0 Å². The summed E-state index contributed by atoms with van der Waals surface area (Å²) in [5.74, 6) is 0.315. The highest BCUT2D eigenvalue weighted by molar-refractivity contribution is 5.95. The van der Waals surface area contributed by atoms with Crippen molar-refractivity contribution in [2.45, 2.75) is 13.3 Å². The van der Waals surface area contributed by atoms with Gasteiger partial charge in [0.25, 0.3) is 0 Å². The van der Waals surface area contributed by atoms with Crippen molar-refractivity contribution in [2.24, 2.45) is 0 Å². The van der Waals surface area contributed by atoms with Crippen molar-refractivity contribution in [1.82, 2.24) is 10.1 Å². The van der Waals surface area contributed by atoms with Gasteiger partial charge in [-0.15, -0.1) is 0 Å². The maximum absolute atomic E-state index is 12.0. The molecule has 0 spiro atoms. The first-order chi connectivity index (χ1) is 9.72. The van der Waals surface area contributed by atoms with E-state index in [1.54, 1.807) is 6.92 Å². The molecule has 0 aliphatic heterocycles. The van der Waals surface area contributed by atoms with Crippen molar-refractivity contribution >= 4 is 22.7 Å². The lowest BCUT2D eigenvalue weighted by Gasteiger charge is -2.05. The maximum atomic E-state index is 12.0. The molecule has 3 aromatic rings. The van der Waals surface area contributed by atoms with E-state index in [2.05, 4.69) is 15.5 Å². The molecule has 0 fully saturated rings. The summed E-state index contributed by atoms with van der Waals surface area (Å²) in [6, 6.07) is 14.0. The molecule has 0 aliphatic rings. The van der Waals surface area contributed by atoms with E-state index in [4.69, 9.17) is 4.52 Å². The molecule has 100 valence electrons. The van der Waals surface area contributed by atoms with Crippen LogP contribution in [0, 0.1) is 6.92 Å². The summed E-state index contributed by atoms with van der Waals surface area (Å²) in [5.41, 5.74) is 0.969. The Morgan fingerprint density at radius 3 is 2.80 bits per heavy atom. The highest BCUT2D eigenvalue weighted by Crippen LogP contribution is 2.19. The zero-order valence-electron chi connectivity index (χ0n) is 11.0. The largest absolute Gasteiger partial charge is 0.328 e. The summed E-state index contributed by atoms with van der Waals surface area (Å²) < 4.78 is 4.87. The second-order valence-corrected chi connectivity index (χ2v) is 4.51. The third-order valence-electron chi connectivity index (χ3n) is 3.00. The molecule has 1 N–H and O–H groups in total. The van der Waals surface area contributed by atoms with Crippen molar-refractivity contribution in [3.8, 4) is 0 Å². The van der Waals surface area contributed by atoms with Crippen LogP contribution in [0.3, 0.4) is 0 Å². The zero-order chi connectivity index (χ0) is 13.9. The lowest BCUT2D eigenvalue weighted by atomic mass is 10.0. The van der Waals surface area contributed by atoms with Crippen molar-refractivity contribution in [3.05, 3.63) is 53.9 Å². The molecule has 2 aromatic carbocycles. The number of fused-ring (bicyclic) bond motifs is 1. The number of aromatic nitrogens is 2. The quantitative estimate of drug-likeness (QED) is 0.792. The van der Waals surface area contributed by atoms with Crippen LogP contribution in [-0.2, 0) is 11.2 Å². The molecule has 1 amide bonds. The van der Waals surface area contributed by atoms with Gasteiger partial charge in [0.2, 0.25) is 5.91 Å². The predicted octanol–water partition coefficient (Wildman–Crippen LogP) is 2.71. The second-order valence-electron chi connectivity index (χ2n) is 4.51. The Morgan fingerprint density at radius 2 is 2.00 bits per heavy atom. The second kappa shape index (κ2) is 5.13. The molecular formula is C15H13N3O2. The molecule has 5 heteroatoms. The minimum Gasteiger partial charge on any atom is -0.315 e. The smallest absolute Gasteiger partial charge is 0.315 e. The van der Waals surface area contributed by atoms with Crippen LogP contribution in [0.5, 0.6) is 0 Å². The first kappa shape index (κ1) is 12.3. The number of hydrogen-bond donors (Lipinski definition) is 1. The number of nitrogens with one attached hydrogen (secondary N) is 1. The van der Waals surface area contributed by atoms with Crippen LogP contribution in [0.2, 0.25) is 0 Å². The molecule has 0 saturated carbocycles.